The third-order valence-electron chi connectivity index (χ3n) is 17.1. The zero-order valence-electron chi connectivity index (χ0n) is 54.8. The van der Waals surface area contributed by atoms with E-state index in [4.69, 9.17) is 4.74 Å². The number of esters is 1. The predicted molar refractivity (Wildman–Crippen MR) is 356 cm³/mol. The minimum Gasteiger partial charge on any atom is -0.466 e. The molecule has 0 aliphatic carbocycles. The van der Waals surface area contributed by atoms with Crippen molar-refractivity contribution in [1.82, 2.24) is 5.32 Å². The summed E-state index contributed by atoms with van der Waals surface area (Å²) in [6.45, 7) is 4.94. The summed E-state index contributed by atoms with van der Waals surface area (Å²) in [7, 11) is 0. The van der Waals surface area contributed by atoms with Gasteiger partial charge in [-0.05, 0) is 83.5 Å². The third-order valence-corrected chi connectivity index (χ3v) is 17.1. The van der Waals surface area contributed by atoms with Crippen molar-refractivity contribution in [2.75, 3.05) is 13.2 Å². The molecular weight excluding hydrogens is 995 g/mol. The lowest BCUT2D eigenvalue weighted by molar-refractivity contribution is -0.143. The van der Waals surface area contributed by atoms with Crippen molar-refractivity contribution in [1.29, 1.82) is 0 Å². The van der Waals surface area contributed by atoms with Gasteiger partial charge in [0.05, 0.1) is 25.4 Å². The lowest BCUT2D eigenvalue weighted by Crippen LogP contribution is -2.45. The molecule has 0 heterocycles. The van der Waals surface area contributed by atoms with Crippen LogP contribution in [0, 0.1) is 0 Å². The molecule has 0 spiro atoms. The molecule has 0 aliphatic heterocycles. The van der Waals surface area contributed by atoms with Gasteiger partial charge in [0.1, 0.15) is 0 Å². The number of carbonyl (C=O) groups is 2. The average molecular weight is 1140 g/mol. The van der Waals surface area contributed by atoms with Crippen molar-refractivity contribution in [2.45, 2.75) is 418 Å². The maximum atomic E-state index is 12.5. The average Bonchev–Trinajstić information content (AvgIpc) is 3.47. The first-order valence-electron chi connectivity index (χ1n) is 36.8. The Morgan fingerprint density at radius 2 is 0.580 bits per heavy atom. The number of ether oxygens (including phenoxy) is 1. The molecule has 6 heteroatoms. The van der Waals surface area contributed by atoms with Gasteiger partial charge in [-0.2, -0.15) is 0 Å². The van der Waals surface area contributed by atoms with E-state index in [2.05, 4.69) is 43.5 Å². The smallest absolute Gasteiger partial charge is 0.305 e. The van der Waals surface area contributed by atoms with Gasteiger partial charge in [0, 0.05) is 12.8 Å². The van der Waals surface area contributed by atoms with Crippen LogP contribution in [0.2, 0.25) is 0 Å². The van der Waals surface area contributed by atoms with E-state index in [0.717, 1.165) is 44.9 Å². The van der Waals surface area contributed by atoms with Crippen molar-refractivity contribution in [3.63, 3.8) is 0 Å². The van der Waals surface area contributed by atoms with Crippen LogP contribution in [0.4, 0.5) is 0 Å². The molecule has 6 nitrogen and oxygen atoms in total. The van der Waals surface area contributed by atoms with Crippen LogP contribution in [0.1, 0.15) is 406 Å². The Hall–Kier alpha value is -1.92. The van der Waals surface area contributed by atoms with Gasteiger partial charge in [-0.15, -0.1) is 0 Å². The number of aliphatic hydroxyl groups excluding tert-OH is 2. The molecule has 0 aromatic rings. The molecule has 0 fully saturated rings. The third kappa shape index (κ3) is 67.1. The number of aliphatic hydroxyl groups is 2. The molecule has 2 atom stereocenters. The Morgan fingerprint density at radius 3 is 0.877 bits per heavy atom. The number of rotatable bonds is 69. The van der Waals surface area contributed by atoms with Crippen molar-refractivity contribution < 1.29 is 24.5 Å². The second-order valence-electron chi connectivity index (χ2n) is 25.3. The van der Waals surface area contributed by atoms with Crippen LogP contribution in [0.25, 0.3) is 0 Å². The van der Waals surface area contributed by atoms with E-state index in [1.165, 1.54) is 334 Å². The van der Waals surface area contributed by atoms with Crippen LogP contribution in [-0.2, 0) is 14.3 Å². The topological polar surface area (TPSA) is 95.9 Å². The molecule has 0 aliphatic rings. The predicted octanol–water partition coefficient (Wildman–Crippen LogP) is 23.9. The first-order valence-corrected chi connectivity index (χ1v) is 36.8. The van der Waals surface area contributed by atoms with Crippen LogP contribution in [0.15, 0.2) is 36.5 Å². The highest BCUT2D eigenvalue weighted by molar-refractivity contribution is 5.76. The SMILES string of the molecule is CCCCCCCCC/C=C\CCCCCCCCCC(=O)OCCCCCCCCCCCCCC/C=C\CCCCCCCCCCCCCC(=O)NC(CO)C(O)/C=C/CCCCCCCCCCCCCCCCCCC. The quantitative estimate of drug-likeness (QED) is 0.0320. The Morgan fingerprint density at radius 1 is 0.333 bits per heavy atom. The van der Waals surface area contributed by atoms with Gasteiger partial charge in [-0.1, -0.05) is 346 Å². The second-order valence-corrected chi connectivity index (χ2v) is 25.3. The number of hydrogen-bond acceptors (Lipinski definition) is 5. The molecule has 0 rings (SSSR count). The number of hydrogen-bond donors (Lipinski definition) is 3. The highest BCUT2D eigenvalue weighted by Gasteiger charge is 2.18. The molecule has 0 radical (unpaired) electrons. The fourth-order valence-corrected chi connectivity index (χ4v) is 11.5. The molecule has 0 aromatic heterocycles. The van der Waals surface area contributed by atoms with E-state index in [1.807, 2.05) is 6.08 Å². The summed E-state index contributed by atoms with van der Waals surface area (Å²) in [5.74, 6) is -0.0530. The Balaban J connectivity index is 3.40. The van der Waals surface area contributed by atoms with Crippen molar-refractivity contribution >= 4 is 11.9 Å². The number of unbranched alkanes of at least 4 members (excludes halogenated alkanes) is 54. The van der Waals surface area contributed by atoms with Gasteiger partial charge in [-0.25, -0.2) is 0 Å². The molecule has 0 aromatic carbocycles. The zero-order valence-corrected chi connectivity index (χ0v) is 54.8. The van der Waals surface area contributed by atoms with Gasteiger partial charge in [0.25, 0.3) is 0 Å². The standard InChI is InChI=1S/C75H143NO5/c1-3-5-7-9-11-13-15-17-19-21-32-35-39-43-47-51-55-59-63-67-73(78)72(71-77)76-74(79)68-64-60-56-52-48-44-40-36-33-30-28-26-24-23-25-27-29-31-34-38-42-46-50-54-58-62-66-70-81-75(80)69-65-61-57-53-49-45-41-37-22-20-18-16-14-12-10-8-6-4-2/h20,22-24,63,67,72-73,77-78H,3-19,21,25-62,64-66,68-71H2,1-2H3,(H,76,79)/b22-20-,24-23-,67-63+. The van der Waals surface area contributed by atoms with Crippen LogP contribution < -0.4 is 5.32 Å². The minimum atomic E-state index is -0.846. The lowest BCUT2D eigenvalue weighted by atomic mass is 10.0. The molecule has 3 N–H and O–H groups in total. The summed E-state index contributed by atoms with van der Waals surface area (Å²) in [6.07, 6.45) is 90.9. The van der Waals surface area contributed by atoms with Crippen LogP contribution in [-0.4, -0.2) is 47.4 Å². The van der Waals surface area contributed by atoms with Gasteiger partial charge in [-0.3, -0.25) is 9.59 Å². The summed E-state index contributed by atoms with van der Waals surface area (Å²) in [5, 5.41) is 23.2. The number of amides is 1. The van der Waals surface area contributed by atoms with E-state index >= 15 is 0 Å². The van der Waals surface area contributed by atoms with Crippen LogP contribution in [0.3, 0.4) is 0 Å². The van der Waals surface area contributed by atoms with Crippen LogP contribution >= 0.6 is 0 Å². The van der Waals surface area contributed by atoms with Gasteiger partial charge >= 0.3 is 5.97 Å². The molecule has 1 amide bonds. The first kappa shape index (κ1) is 79.1. The molecule has 478 valence electrons. The Labute approximate surface area is 506 Å². The number of nitrogens with one attached hydrogen (secondary N) is 1. The van der Waals surface area contributed by atoms with E-state index < -0.39 is 12.1 Å². The molecule has 81 heavy (non-hydrogen) atoms. The molecule has 0 saturated carbocycles. The zero-order chi connectivity index (χ0) is 58.5. The van der Waals surface area contributed by atoms with E-state index in [1.54, 1.807) is 6.08 Å². The summed E-state index contributed by atoms with van der Waals surface area (Å²) in [5.41, 5.74) is 0. The highest BCUT2D eigenvalue weighted by atomic mass is 16.5. The normalized spacial score (nSPS) is 12.7. The Bertz CT molecular complexity index is 1310. The minimum absolute atomic E-state index is 0.0124. The van der Waals surface area contributed by atoms with Gasteiger partial charge in [0.2, 0.25) is 5.91 Å². The summed E-state index contributed by atoms with van der Waals surface area (Å²) in [6, 6.07) is -0.630. The van der Waals surface area contributed by atoms with Crippen molar-refractivity contribution in [2.24, 2.45) is 0 Å². The van der Waals surface area contributed by atoms with Crippen molar-refractivity contribution in [3.8, 4) is 0 Å². The largest absolute Gasteiger partial charge is 0.466 e. The summed E-state index contributed by atoms with van der Waals surface area (Å²) in [4.78, 5) is 24.6. The maximum absolute atomic E-state index is 12.5. The lowest BCUT2D eigenvalue weighted by Gasteiger charge is -2.20. The fraction of sp³-hybridized carbons (Fsp3) is 0.893. The monoisotopic (exact) mass is 1140 g/mol. The molecule has 2 unspecified atom stereocenters. The molecule has 0 saturated heterocycles. The maximum Gasteiger partial charge on any atom is 0.305 e. The molecule has 0 bridgehead atoms. The number of allylic oxidation sites excluding steroid dienone is 5. The van der Waals surface area contributed by atoms with Crippen LogP contribution in [0.5, 0.6) is 0 Å². The first-order chi connectivity index (χ1) is 40.0. The molecular formula is C75H143NO5. The van der Waals surface area contributed by atoms with Gasteiger partial charge in [0.15, 0.2) is 0 Å². The summed E-state index contributed by atoms with van der Waals surface area (Å²) >= 11 is 0. The number of carbonyl (C=O) groups excluding carboxylic acids is 2. The van der Waals surface area contributed by atoms with Gasteiger partial charge < -0.3 is 20.3 Å². The fourth-order valence-electron chi connectivity index (χ4n) is 11.5. The second kappa shape index (κ2) is 70.6. The van der Waals surface area contributed by atoms with E-state index in [9.17, 15) is 19.8 Å². The Kier molecular flexibility index (Phi) is 68.9. The van der Waals surface area contributed by atoms with E-state index in [0.29, 0.717) is 19.4 Å². The van der Waals surface area contributed by atoms with E-state index in [-0.39, 0.29) is 18.5 Å². The summed E-state index contributed by atoms with van der Waals surface area (Å²) < 4.78 is 5.51. The highest BCUT2D eigenvalue weighted by Crippen LogP contribution is 2.18. The van der Waals surface area contributed by atoms with Crippen molar-refractivity contribution in [3.05, 3.63) is 36.5 Å².